The molecular weight excluding hydrogens is 380 g/mol. The Morgan fingerprint density at radius 2 is 1.92 bits per heavy atom. The third-order valence-corrected chi connectivity index (χ3v) is 7.02. The first-order chi connectivity index (χ1) is 12.2. The van der Waals surface area contributed by atoms with Crippen LogP contribution in [0.25, 0.3) is 0 Å². The maximum absolute atomic E-state index is 12.7. The number of rotatable bonds is 7. The van der Waals surface area contributed by atoms with Crippen molar-refractivity contribution in [2.75, 3.05) is 13.1 Å². The van der Waals surface area contributed by atoms with Gasteiger partial charge < -0.3 is 10.4 Å². The third-order valence-electron chi connectivity index (χ3n) is 4.64. The van der Waals surface area contributed by atoms with Gasteiger partial charge in [0.2, 0.25) is 10.0 Å². The van der Waals surface area contributed by atoms with Crippen LogP contribution in [-0.4, -0.2) is 48.8 Å². The predicted octanol–water partition coefficient (Wildman–Crippen LogP) is 2.35. The number of aliphatic carboxylic acids is 1. The maximum atomic E-state index is 12.7. The largest absolute Gasteiger partial charge is 0.480 e. The molecule has 144 valence electrons. The predicted molar refractivity (Wildman–Crippen MR) is 97.8 cm³/mol. The Morgan fingerprint density at radius 3 is 2.46 bits per heavy atom. The van der Waals surface area contributed by atoms with Crippen molar-refractivity contribution < 1.29 is 23.1 Å². The van der Waals surface area contributed by atoms with Gasteiger partial charge in [-0.05, 0) is 37.0 Å². The average molecular weight is 403 g/mol. The van der Waals surface area contributed by atoms with E-state index in [2.05, 4.69) is 5.32 Å². The van der Waals surface area contributed by atoms with Crippen LogP contribution in [0.1, 0.15) is 43.5 Å². The van der Waals surface area contributed by atoms with Gasteiger partial charge in [0.05, 0.1) is 5.02 Å². The quantitative estimate of drug-likeness (QED) is 0.728. The molecule has 0 bridgehead atoms. The Balaban J connectivity index is 2.31. The van der Waals surface area contributed by atoms with Crippen LogP contribution in [0.4, 0.5) is 0 Å². The van der Waals surface area contributed by atoms with E-state index in [-0.39, 0.29) is 21.4 Å². The van der Waals surface area contributed by atoms with Crippen LogP contribution in [0.5, 0.6) is 0 Å². The Hall–Kier alpha value is -1.64. The Kier molecular flexibility index (Phi) is 6.65. The van der Waals surface area contributed by atoms with E-state index in [4.69, 9.17) is 11.6 Å². The molecule has 1 aliphatic rings. The number of amides is 1. The molecule has 1 aromatic rings. The zero-order valence-corrected chi connectivity index (χ0v) is 16.3. The summed E-state index contributed by atoms with van der Waals surface area (Å²) in [6, 6.07) is 2.89. The van der Waals surface area contributed by atoms with Crippen LogP contribution in [0.2, 0.25) is 5.02 Å². The molecule has 1 aliphatic heterocycles. The highest BCUT2D eigenvalue weighted by molar-refractivity contribution is 7.89. The summed E-state index contributed by atoms with van der Waals surface area (Å²) in [6.45, 7) is 4.40. The molecule has 7 nitrogen and oxygen atoms in total. The summed E-state index contributed by atoms with van der Waals surface area (Å²) in [6.07, 6.45) is 2.14. The topological polar surface area (TPSA) is 104 Å². The van der Waals surface area contributed by atoms with Crippen LogP contribution in [0.15, 0.2) is 23.1 Å². The van der Waals surface area contributed by atoms with Gasteiger partial charge in [-0.2, -0.15) is 4.31 Å². The first-order valence-electron chi connectivity index (χ1n) is 8.51. The van der Waals surface area contributed by atoms with Crippen LogP contribution in [0.3, 0.4) is 0 Å². The first kappa shape index (κ1) is 20.7. The number of sulfonamides is 1. The van der Waals surface area contributed by atoms with Gasteiger partial charge in [-0.15, -0.1) is 0 Å². The fourth-order valence-electron chi connectivity index (χ4n) is 2.82. The number of carboxylic acids is 1. The monoisotopic (exact) mass is 402 g/mol. The molecule has 0 saturated carbocycles. The molecule has 1 heterocycles. The SMILES string of the molecule is CC[C@H](C)[C@@H](NC(=O)c1ccc(Cl)c(S(=O)(=O)N2CCCC2)c1)C(=O)O. The van der Waals surface area contributed by atoms with E-state index in [1.165, 1.54) is 22.5 Å². The highest BCUT2D eigenvalue weighted by Gasteiger charge is 2.31. The summed E-state index contributed by atoms with van der Waals surface area (Å²) < 4.78 is 26.8. The molecule has 0 aromatic heterocycles. The van der Waals surface area contributed by atoms with Crippen LogP contribution in [-0.2, 0) is 14.8 Å². The molecule has 26 heavy (non-hydrogen) atoms. The normalized spacial score (nSPS) is 17.7. The molecule has 0 aliphatic carbocycles. The number of carboxylic acid groups (broad SMARTS) is 1. The summed E-state index contributed by atoms with van der Waals surface area (Å²) in [5.74, 6) is -2.05. The van der Waals surface area contributed by atoms with Crippen LogP contribution in [0, 0.1) is 5.92 Å². The summed E-state index contributed by atoms with van der Waals surface area (Å²) >= 11 is 6.06. The summed E-state index contributed by atoms with van der Waals surface area (Å²) in [5, 5.41) is 11.8. The minimum Gasteiger partial charge on any atom is -0.480 e. The Bertz CT molecular complexity index is 790. The molecule has 0 spiro atoms. The van der Waals surface area contributed by atoms with Gasteiger partial charge in [-0.1, -0.05) is 31.9 Å². The minimum atomic E-state index is -3.79. The van der Waals surface area contributed by atoms with Crippen LogP contribution < -0.4 is 5.32 Å². The van der Waals surface area contributed by atoms with Gasteiger partial charge in [-0.3, -0.25) is 4.79 Å². The number of nitrogens with one attached hydrogen (secondary N) is 1. The lowest BCUT2D eigenvalue weighted by atomic mass is 9.99. The number of hydrogen-bond donors (Lipinski definition) is 2. The van der Waals surface area contributed by atoms with E-state index in [0.717, 1.165) is 12.8 Å². The molecule has 0 unspecified atom stereocenters. The average Bonchev–Trinajstić information content (AvgIpc) is 3.14. The van der Waals surface area contributed by atoms with Gasteiger partial charge in [0.25, 0.3) is 5.91 Å². The third kappa shape index (κ3) is 4.36. The summed E-state index contributed by atoms with van der Waals surface area (Å²) in [4.78, 5) is 23.7. The number of benzene rings is 1. The van der Waals surface area contributed by atoms with Crippen molar-refractivity contribution in [1.82, 2.24) is 9.62 Å². The second-order valence-electron chi connectivity index (χ2n) is 6.43. The number of hydrogen-bond acceptors (Lipinski definition) is 4. The summed E-state index contributed by atoms with van der Waals surface area (Å²) in [7, 11) is -3.79. The molecule has 2 rings (SSSR count). The van der Waals surface area contributed by atoms with E-state index in [1.807, 2.05) is 6.92 Å². The van der Waals surface area contributed by atoms with E-state index < -0.39 is 27.9 Å². The fraction of sp³-hybridized carbons (Fsp3) is 0.529. The molecule has 1 amide bonds. The molecule has 2 atom stereocenters. The molecule has 9 heteroatoms. The lowest BCUT2D eigenvalue weighted by molar-refractivity contribution is -0.140. The highest BCUT2D eigenvalue weighted by Crippen LogP contribution is 2.28. The lowest BCUT2D eigenvalue weighted by Gasteiger charge is -2.21. The van der Waals surface area contributed by atoms with Gasteiger partial charge >= 0.3 is 5.97 Å². The standard InChI is InChI=1S/C17H23ClN2O5S/c1-3-11(2)15(17(22)23)19-16(21)12-6-7-13(18)14(10-12)26(24,25)20-8-4-5-9-20/h6-7,10-11,15H,3-5,8-9H2,1-2H3,(H,19,21)(H,22,23)/t11-,15+/m0/s1. The van der Waals surface area contributed by atoms with E-state index in [1.54, 1.807) is 6.92 Å². The molecule has 1 fully saturated rings. The van der Waals surface area contributed by atoms with Crippen molar-refractivity contribution in [3.05, 3.63) is 28.8 Å². The zero-order valence-electron chi connectivity index (χ0n) is 14.7. The Morgan fingerprint density at radius 1 is 1.31 bits per heavy atom. The van der Waals surface area contributed by atoms with Crippen molar-refractivity contribution in [3.63, 3.8) is 0 Å². The second-order valence-corrected chi connectivity index (χ2v) is 8.74. The molecule has 0 radical (unpaired) electrons. The molecule has 1 saturated heterocycles. The summed E-state index contributed by atoms with van der Waals surface area (Å²) in [5.41, 5.74) is 0.0572. The maximum Gasteiger partial charge on any atom is 0.326 e. The van der Waals surface area contributed by atoms with E-state index >= 15 is 0 Å². The highest BCUT2D eigenvalue weighted by atomic mass is 35.5. The smallest absolute Gasteiger partial charge is 0.326 e. The fourth-order valence-corrected chi connectivity index (χ4v) is 4.83. The van der Waals surface area contributed by atoms with Crippen molar-refractivity contribution >= 4 is 33.5 Å². The van der Waals surface area contributed by atoms with Gasteiger partial charge in [0, 0.05) is 18.7 Å². The molecule has 2 N–H and O–H groups in total. The van der Waals surface area contributed by atoms with Gasteiger partial charge in [0.1, 0.15) is 10.9 Å². The van der Waals surface area contributed by atoms with Crippen LogP contribution >= 0.6 is 11.6 Å². The van der Waals surface area contributed by atoms with Gasteiger partial charge in [0.15, 0.2) is 0 Å². The van der Waals surface area contributed by atoms with Gasteiger partial charge in [-0.25, -0.2) is 13.2 Å². The first-order valence-corrected chi connectivity index (χ1v) is 10.3. The number of nitrogens with zero attached hydrogens (tertiary/aromatic N) is 1. The number of carbonyl (C=O) groups excluding carboxylic acids is 1. The van der Waals surface area contributed by atoms with Crippen molar-refractivity contribution in [1.29, 1.82) is 0 Å². The number of carbonyl (C=O) groups is 2. The van der Waals surface area contributed by atoms with Crippen molar-refractivity contribution in [3.8, 4) is 0 Å². The van der Waals surface area contributed by atoms with Crippen molar-refractivity contribution in [2.45, 2.75) is 44.0 Å². The van der Waals surface area contributed by atoms with Crippen molar-refractivity contribution in [2.24, 2.45) is 5.92 Å². The van der Waals surface area contributed by atoms with E-state index in [0.29, 0.717) is 19.5 Å². The zero-order chi connectivity index (χ0) is 19.5. The molecular formula is C17H23ClN2O5S. The lowest BCUT2D eigenvalue weighted by Crippen LogP contribution is -2.45. The number of halogens is 1. The molecule has 1 aromatic carbocycles. The minimum absolute atomic E-state index is 0.0326. The Labute approximate surface area is 158 Å². The second kappa shape index (κ2) is 8.37. The van der Waals surface area contributed by atoms with E-state index in [9.17, 15) is 23.1 Å².